The predicted octanol–water partition coefficient (Wildman–Crippen LogP) is 1.37. The Labute approximate surface area is 81.3 Å². The highest BCUT2D eigenvalue weighted by Gasteiger charge is 2.06. The number of nitrogens with two attached hydrogens (primary N) is 1. The van der Waals surface area contributed by atoms with E-state index in [1.165, 1.54) is 12.8 Å². The highest BCUT2D eigenvalue weighted by atomic mass is 16.1. The van der Waals surface area contributed by atoms with Crippen molar-refractivity contribution in [1.29, 1.82) is 0 Å². The Kier molecular flexibility index (Phi) is 7.69. The lowest BCUT2D eigenvalue weighted by molar-refractivity contribution is -0.119. The molecular formula is C10H22N2O. The molecule has 0 aromatic heterocycles. The van der Waals surface area contributed by atoms with Crippen LogP contribution in [0.15, 0.2) is 0 Å². The second-order valence-corrected chi connectivity index (χ2v) is 3.45. The average Bonchev–Trinajstić information content (AvgIpc) is 2.09. The SMILES string of the molecule is CCCCN(CCCC)CC(N)=O. The third kappa shape index (κ3) is 7.78. The van der Waals surface area contributed by atoms with Crippen LogP contribution in [-0.2, 0) is 4.79 Å². The maximum atomic E-state index is 10.7. The minimum Gasteiger partial charge on any atom is -0.369 e. The van der Waals surface area contributed by atoms with E-state index >= 15 is 0 Å². The lowest BCUT2D eigenvalue weighted by Crippen LogP contribution is -2.35. The van der Waals surface area contributed by atoms with Gasteiger partial charge in [-0.15, -0.1) is 0 Å². The van der Waals surface area contributed by atoms with Gasteiger partial charge in [-0.05, 0) is 25.9 Å². The van der Waals surface area contributed by atoms with Gasteiger partial charge in [0, 0.05) is 0 Å². The fourth-order valence-corrected chi connectivity index (χ4v) is 1.25. The number of carbonyl (C=O) groups is 1. The van der Waals surface area contributed by atoms with Crippen LogP contribution in [-0.4, -0.2) is 30.4 Å². The van der Waals surface area contributed by atoms with E-state index in [2.05, 4.69) is 18.7 Å². The molecule has 0 aromatic carbocycles. The average molecular weight is 186 g/mol. The van der Waals surface area contributed by atoms with Gasteiger partial charge in [0.25, 0.3) is 0 Å². The van der Waals surface area contributed by atoms with Crippen molar-refractivity contribution >= 4 is 5.91 Å². The molecule has 78 valence electrons. The minimum absolute atomic E-state index is 0.216. The largest absolute Gasteiger partial charge is 0.369 e. The lowest BCUT2D eigenvalue weighted by atomic mass is 10.2. The maximum absolute atomic E-state index is 10.7. The van der Waals surface area contributed by atoms with Crippen LogP contribution < -0.4 is 5.73 Å². The summed E-state index contributed by atoms with van der Waals surface area (Å²) < 4.78 is 0. The van der Waals surface area contributed by atoms with Crippen molar-refractivity contribution in [2.45, 2.75) is 39.5 Å². The smallest absolute Gasteiger partial charge is 0.231 e. The topological polar surface area (TPSA) is 46.3 Å². The normalized spacial score (nSPS) is 10.7. The molecule has 0 aliphatic carbocycles. The van der Waals surface area contributed by atoms with E-state index in [0.717, 1.165) is 25.9 Å². The van der Waals surface area contributed by atoms with Crippen LogP contribution in [0.3, 0.4) is 0 Å². The van der Waals surface area contributed by atoms with Gasteiger partial charge < -0.3 is 5.73 Å². The fraction of sp³-hybridized carbons (Fsp3) is 0.900. The second kappa shape index (κ2) is 8.05. The first-order chi connectivity index (χ1) is 6.20. The molecule has 0 rings (SSSR count). The molecule has 0 radical (unpaired) electrons. The molecule has 0 aromatic rings. The lowest BCUT2D eigenvalue weighted by Gasteiger charge is -2.19. The molecule has 2 N–H and O–H groups in total. The molecule has 0 saturated carbocycles. The molecule has 0 bridgehead atoms. The van der Waals surface area contributed by atoms with Gasteiger partial charge in [-0.1, -0.05) is 26.7 Å². The van der Waals surface area contributed by atoms with E-state index in [4.69, 9.17) is 5.73 Å². The molecule has 3 nitrogen and oxygen atoms in total. The Bertz CT molecular complexity index is 129. The van der Waals surface area contributed by atoms with Crippen LogP contribution in [0.25, 0.3) is 0 Å². The fourth-order valence-electron chi connectivity index (χ4n) is 1.25. The Morgan fingerprint density at radius 2 is 1.62 bits per heavy atom. The Morgan fingerprint density at radius 3 is 1.92 bits per heavy atom. The van der Waals surface area contributed by atoms with E-state index in [9.17, 15) is 4.79 Å². The molecular weight excluding hydrogens is 164 g/mol. The van der Waals surface area contributed by atoms with Crippen LogP contribution >= 0.6 is 0 Å². The number of primary amides is 1. The summed E-state index contributed by atoms with van der Waals surface area (Å²) in [7, 11) is 0. The van der Waals surface area contributed by atoms with Gasteiger partial charge >= 0.3 is 0 Å². The van der Waals surface area contributed by atoms with Crippen LogP contribution in [0.1, 0.15) is 39.5 Å². The summed E-state index contributed by atoms with van der Waals surface area (Å²) in [6, 6.07) is 0. The maximum Gasteiger partial charge on any atom is 0.231 e. The first-order valence-corrected chi connectivity index (χ1v) is 5.21. The zero-order chi connectivity index (χ0) is 10.1. The zero-order valence-corrected chi connectivity index (χ0v) is 8.88. The van der Waals surface area contributed by atoms with E-state index in [-0.39, 0.29) is 5.91 Å². The van der Waals surface area contributed by atoms with Gasteiger partial charge in [-0.3, -0.25) is 9.69 Å². The van der Waals surface area contributed by atoms with Crippen molar-refractivity contribution < 1.29 is 4.79 Å². The van der Waals surface area contributed by atoms with Crippen molar-refractivity contribution in [1.82, 2.24) is 4.90 Å². The summed E-state index contributed by atoms with van der Waals surface area (Å²) in [4.78, 5) is 12.9. The highest BCUT2D eigenvalue weighted by molar-refractivity contribution is 5.75. The number of nitrogens with zero attached hydrogens (tertiary/aromatic N) is 1. The van der Waals surface area contributed by atoms with Crippen LogP contribution in [0.2, 0.25) is 0 Å². The third-order valence-corrected chi connectivity index (χ3v) is 2.04. The van der Waals surface area contributed by atoms with Gasteiger partial charge in [0.15, 0.2) is 0 Å². The number of unbranched alkanes of at least 4 members (excludes halogenated alkanes) is 2. The molecule has 0 heterocycles. The van der Waals surface area contributed by atoms with Crippen LogP contribution in [0.4, 0.5) is 0 Å². The molecule has 0 fully saturated rings. The summed E-state index contributed by atoms with van der Waals surface area (Å²) in [6.45, 7) is 6.73. The van der Waals surface area contributed by atoms with Crippen LogP contribution in [0.5, 0.6) is 0 Å². The van der Waals surface area contributed by atoms with E-state index in [1.54, 1.807) is 0 Å². The van der Waals surface area contributed by atoms with Crippen molar-refractivity contribution in [2.75, 3.05) is 19.6 Å². The summed E-state index contributed by atoms with van der Waals surface area (Å²) in [5.74, 6) is -0.216. The molecule has 0 atom stereocenters. The Hall–Kier alpha value is -0.570. The number of hydrogen-bond acceptors (Lipinski definition) is 2. The highest BCUT2D eigenvalue weighted by Crippen LogP contribution is 1.98. The molecule has 13 heavy (non-hydrogen) atoms. The molecule has 0 aliphatic heterocycles. The second-order valence-electron chi connectivity index (χ2n) is 3.45. The van der Waals surface area contributed by atoms with Crippen molar-refractivity contribution in [3.63, 3.8) is 0 Å². The quantitative estimate of drug-likeness (QED) is 0.622. The van der Waals surface area contributed by atoms with Gasteiger partial charge in [0.05, 0.1) is 6.54 Å². The predicted molar refractivity (Wildman–Crippen MR) is 55.5 cm³/mol. The monoisotopic (exact) mass is 186 g/mol. The number of carbonyl (C=O) groups excluding carboxylic acids is 1. The van der Waals surface area contributed by atoms with Gasteiger partial charge in [0.2, 0.25) is 5.91 Å². The van der Waals surface area contributed by atoms with Crippen LogP contribution in [0, 0.1) is 0 Å². The van der Waals surface area contributed by atoms with E-state index in [1.807, 2.05) is 0 Å². The first kappa shape index (κ1) is 12.4. The molecule has 0 saturated heterocycles. The van der Waals surface area contributed by atoms with Gasteiger partial charge in [-0.2, -0.15) is 0 Å². The zero-order valence-electron chi connectivity index (χ0n) is 8.88. The number of rotatable bonds is 8. The van der Waals surface area contributed by atoms with Gasteiger partial charge in [-0.25, -0.2) is 0 Å². The Balaban J connectivity index is 3.66. The molecule has 3 heteroatoms. The van der Waals surface area contributed by atoms with Crippen molar-refractivity contribution in [2.24, 2.45) is 5.73 Å². The number of amides is 1. The summed E-state index contributed by atoms with van der Waals surface area (Å²) >= 11 is 0. The van der Waals surface area contributed by atoms with Crippen molar-refractivity contribution in [3.05, 3.63) is 0 Å². The first-order valence-electron chi connectivity index (χ1n) is 5.21. The van der Waals surface area contributed by atoms with E-state index in [0.29, 0.717) is 6.54 Å². The van der Waals surface area contributed by atoms with Gasteiger partial charge in [0.1, 0.15) is 0 Å². The molecule has 0 spiro atoms. The summed E-state index contributed by atoms with van der Waals surface area (Å²) in [6.07, 6.45) is 4.64. The molecule has 1 amide bonds. The summed E-state index contributed by atoms with van der Waals surface area (Å²) in [5.41, 5.74) is 5.16. The minimum atomic E-state index is -0.216. The van der Waals surface area contributed by atoms with E-state index < -0.39 is 0 Å². The molecule has 0 unspecified atom stereocenters. The third-order valence-electron chi connectivity index (χ3n) is 2.04. The molecule has 0 aliphatic rings. The summed E-state index contributed by atoms with van der Waals surface area (Å²) in [5, 5.41) is 0. The Morgan fingerprint density at radius 1 is 1.15 bits per heavy atom. The standard InChI is InChI=1S/C10H22N2O/c1-3-5-7-12(8-6-4-2)9-10(11)13/h3-9H2,1-2H3,(H2,11,13). The van der Waals surface area contributed by atoms with Crippen molar-refractivity contribution in [3.8, 4) is 0 Å². The number of hydrogen-bond donors (Lipinski definition) is 1.